The minimum Gasteiger partial charge on any atom is -0.459 e. The lowest BCUT2D eigenvalue weighted by atomic mass is 9.86. The number of carbonyl (C=O) groups excluding carboxylic acids is 2. The van der Waals surface area contributed by atoms with Gasteiger partial charge in [0.05, 0.1) is 6.26 Å². The van der Waals surface area contributed by atoms with Gasteiger partial charge in [0, 0.05) is 31.7 Å². The van der Waals surface area contributed by atoms with Crippen LogP contribution in [0.1, 0.15) is 53.7 Å². The van der Waals surface area contributed by atoms with Gasteiger partial charge in [0.2, 0.25) is 0 Å². The molecule has 26 heavy (non-hydrogen) atoms. The van der Waals surface area contributed by atoms with E-state index in [1.165, 1.54) is 11.8 Å². The Balaban J connectivity index is 1.65. The molecule has 1 aromatic heterocycles. The molecule has 1 fully saturated rings. The zero-order valence-electron chi connectivity index (χ0n) is 15.7. The number of hydrogen-bond donors (Lipinski definition) is 0. The fraction of sp³-hybridized carbons (Fsp3) is 0.429. The van der Waals surface area contributed by atoms with Crippen LogP contribution in [-0.4, -0.2) is 47.8 Å². The van der Waals surface area contributed by atoms with E-state index in [0.29, 0.717) is 37.5 Å². The molecule has 1 aliphatic heterocycles. The summed E-state index contributed by atoms with van der Waals surface area (Å²) in [4.78, 5) is 28.8. The van der Waals surface area contributed by atoms with Crippen molar-refractivity contribution in [3.63, 3.8) is 0 Å². The molecular formula is C21H26N2O3. The maximum Gasteiger partial charge on any atom is 0.289 e. The average Bonchev–Trinajstić information content (AvgIpc) is 3.04. The lowest BCUT2D eigenvalue weighted by Crippen LogP contribution is -2.37. The minimum atomic E-state index is -0.112. The van der Waals surface area contributed by atoms with Gasteiger partial charge in [0.1, 0.15) is 0 Å². The predicted octanol–water partition coefficient (Wildman–Crippen LogP) is 3.57. The largest absolute Gasteiger partial charge is 0.459 e. The number of benzene rings is 1. The van der Waals surface area contributed by atoms with E-state index in [1.54, 1.807) is 17.0 Å². The first-order chi connectivity index (χ1) is 12.4. The molecule has 0 saturated carbocycles. The van der Waals surface area contributed by atoms with Crippen LogP contribution in [0.25, 0.3) is 0 Å². The first kappa shape index (κ1) is 18.2. The van der Waals surface area contributed by atoms with Gasteiger partial charge in [-0.3, -0.25) is 9.59 Å². The van der Waals surface area contributed by atoms with Crippen molar-refractivity contribution in [1.82, 2.24) is 9.80 Å². The summed E-state index contributed by atoms with van der Waals surface area (Å²) in [5.74, 6) is 0.263. The van der Waals surface area contributed by atoms with Crippen LogP contribution in [0.4, 0.5) is 0 Å². The molecule has 0 unspecified atom stereocenters. The Morgan fingerprint density at radius 1 is 0.885 bits per heavy atom. The fourth-order valence-electron chi connectivity index (χ4n) is 3.18. The molecule has 2 heterocycles. The third-order valence-electron chi connectivity index (χ3n) is 4.80. The number of carbonyl (C=O) groups is 2. The van der Waals surface area contributed by atoms with Crippen LogP contribution in [0, 0.1) is 0 Å². The number of rotatable bonds is 2. The fourth-order valence-corrected chi connectivity index (χ4v) is 3.18. The second-order valence-corrected chi connectivity index (χ2v) is 7.74. The Morgan fingerprint density at radius 3 is 2.04 bits per heavy atom. The summed E-state index contributed by atoms with van der Waals surface area (Å²) in [5, 5.41) is 0. The van der Waals surface area contributed by atoms with Crippen LogP contribution in [0.15, 0.2) is 47.1 Å². The van der Waals surface area contributed by atoms with Gasteiger partial charge in [0.15, 0.2) is 5.76 Å². The molecule has 2 amide bonds. The topological polar surface area (TPSA) is 53.8 Å². The molecule has 0 N–H and O–H groups in total. The Hall–Kier alpha value is -2.56. The summed E-state index contributed by atoms with van der Waals surface area (Å²) < 4.78 is 5.20. The van der Waals surface area contributed by atoms with Crippen molar-refractivity contribution in [2.75, 3.05) is 26.2 Å². The monoisotopic (exact) mass is 354 g/mol. The Labute approximate surface area is 154 Å². The highest BCUT2D eigenvalue weighted by Gasteiger charge is 2.25. The van der Waals surface area contributed by atoms with Gasteiger partial charge in [-0.2, -0.15) is 0 Å². The Bertz CT molecular complexity index is 758. The van der Waals surface area contributed by atoms with Gasteiger partial charge in [-0.25, -0.2) is 0 Å². The smallest absolute Gasteiger partial charge is 0.289 e. The molecule has 0 bridgehead atoms. The van der Waals surface area contributed by atoms with Crippen molar-refractivity contribution in [2.24, 2.45) is 0 Å². The lowest BCUT2D eigenvalue weighted by Gasteiger charge is -2.23. The molecule has 0 atom stereocenters. The van der Waals surface area contributed by atoms with Crippen molar-refractivity contribution in [2.45, 2.75) is 32.6 Å². The maximum absolute atomic E-state index is 12.8. The number of furan rings is 1. The van der Waals surface area contributed by atoms with E-state index in [4.69, 9.17) is 4.42 Å². The third kappa shape index (κ3) is 3.98. The third-order valence-corrected chi connectivity index (χ3v) is 4.80. The van der Waals surface area contributed by atoms with E-state index < -0.39 is 0 Å². The normalized spacial score (nSPS) is 15.7. The van der Waals surface area contributed by atoms with Gasteiger partial charge in [0.25, 0.3) is 11.8 Å². The van der Waals surface area contributed by atoms with Crippen molar-refractivity contribution in [3.8, 4) is 0 Å². The van der Waals surface area contributed by atoms with Crippen molar-refractivity contribution < 1.29 is 14.0 Å². The highest BCUT2D eigenvalue weighted by molar-refractivity contribution is 5.94. The van der Waals surface area contributed by atoms with E-state index >= 15 is 0 Å². The zero-order chi connectivity index (χ0) is 18.7. The molecule has 5 nitrogen and oxygen atoms in total. The minimum absolute atomic E-state index is 0.0257. The van der Waals surface area contributed by atoms with Crippen molar-refractivity contribution in [1.29, 1.82) is 0 Å². The lowest BCUT2D eigenvalue weighted by molar-refractivity contribution is 0.0700. The van der Waals surface area contributed by atoms with E-state index in [1.807, 2.05) is 29.2 Å². The van der Waals surface area contributed by atoms with Crippen molar-refractivity contribution >= 4 is 11.8 Å². The van der Waals surface area contributed by atoms with Crippen LogP contribution in [-0.2, 0) is 5.41 Å². The zero-order valence-corrected chi connectivity index (χ0v) is 15.7. The van der Waals surface area contributed by atoms with E-state index in [9.17, 15) is 9.59 Å². The summed E-state index contributed by atoms with van der Waals surface area (Å²) in [6.45, 7) is 8.81. The first-order valence-electron chi connectivity index (χ1n) is 9.09. The quantitative estimate of drug-likeness (QED) is 0.828. The van der Waals surface area contributed by atoms with Crippen LogP contribution in [0.5, 0.6) is 0 Å². The number of hydrogen-bond acceptors (Lipinski definition) is 3. The summed E-state index contributed by atoms with van der Waals surface area (Å²) in [5.41, 5.74) is 1.97. The molecule has 5 heteroatoms. The SMILES string of the molecule is CC(C)(C)c1ccc(C(=O)N2CCCN(C(=O)c3ccco3)CC2)cc1. The Kier molecular flexibility index (Phi) is 5.16. The molecule has 138 valence electrons. The first-order valence-corrected chi connectivity index (χ1v) is 9.09. The molecule has 1 aliphatic rings. The average molecular weight is 354 g/mol. The van der Waals surface area contributed by atoms with E-state index in [2.05, 4.69) is 20.8 Å². The number of nitrogens with zero attached hydrogens (tertiary/aromatic N) is 2. The molecule has 1 aromatic carbocycles. The molecule has 0 radical (unpaired) electrons. The summed E-state index contributed by atoms with van der Waals surface area (Å²) >= 11 is 0. The second kappa shape index (κ2) is 7.36. The van der Waals surface area contributed by atoms with E-state index in [0.717, 1.165) is 6.42 Å². The molecule has 2 aromatic rings. The van der Waals surface area contributed by atoms with Crippen LogP contribution in [0.3, 0.4) is 0 Å². The van der Waals surface area contributed by atoms with Crippen molar-refractivity contribution in [3.05, 3.63) is 59.5 Å². The summed E-state index contributed by atoms with van der Waals surface area (Å²) in [7, 11) is 0. The summed E-state index contributed by atoms with van der Waals surface area (Å²) in [6.07, 6.45) is 2.26. The number of amides is 2. The molecule has 0 aliphatic carbocycles. The highest BCUT2D eigenvalue weighted by Crippen LogP contribution is 2.22. The standard InChI is InChI=1S/C21H26N2O3/c1-21(2,3)17-9-7-16(8-10-17)19(24)22-11-5-12-23(14-13-22)20(25)18-6-4-15-26-18/h4,6-10,15H,5,11-14H2,1-3H3. The van der Waals surface area contributed by atoms with Gasteiger partial charge in [-0.1, -0.05) is 32.9 Å². The summed E-state index contributed by atoms with van der Waals surface area (Å²) in [6, 6.07) is 11.2. The maximum atomic E-state index is 12.8. The second-order valence-electron chi connectivity index (χ2n) is 7.74. The molecule has 0 spiro atoms. The van der Waals surface area contributed by atoms with Gasteiger partial charge in [-0.15, -0.1) is 0 Å². The van der Waals surface area contributed by atoms with Gasteiger partial charge < -0.3 is 14.2 Å². The van der Waals surface area contributed by atoms with Crippen LogP contribution < -0.4 is 0 Å². The van der Waals surface area contributed by atoms with Crippen LogP contribution in [0.2, 0.25) is 0 Å². The van der Waals surface area contributed by atoms with Crippen LogP contribution >= 0.6 is 0 Å². The predicted molar refractivity (Wildman–Crippen MR) is 100 cm³/mol. The molecule has 3 rings (SSSR count). The van der Waals surface area contributed by atoms with E-state index in [-0.39, 0.29) is 17.2 Å². The molecular weight excluding hydrogens is 328 g/mol. The molecule has 1 saturated heterocycles. The highest BCUT2D eigenvalue weighted by atomic mass is 16.3. The Morgan fingerprint density at radius 2 is 1.50 bits per heavy atom. The van der Waals surface area contributed by atoms with Gasteiger partial charge in [-0.05, 0) is 41.7 Å². The van der Waals surface area contributed by atoms with Gasteiger partial charge >= 0.3 is 0 Å².